The zero-order valence-corrected chi connectivity index (χ0v) is 41.7. The predicted molar refractivity (Wildman–Crippen MR) is 304 cm³/mol. The fourth-order valence-corrected chi connectivity index (χ4v) is 15.5. The number of hydrogen-bond acceptors (Lipinski definition) is 2. The maximum Gasteiger partial charge on any atom is 0.0714 e. The van der Waals surface area contributed by atoms with Crippen molar-refractivity contribution < 1.29 is 0 Å². The Balaban J connectivity index is 1.04. The molecule has 2 heteroatoms. The summed E-state index contributed by atoms with van der Waals surface area (Å²) in [6.45, 7) is 4.58. The molecule has 4 aliphatic rings. The molecule has 4 aliphatic carbocycles. The van der Waals surface area contributed by atoms with Gasteiger partial charge in [0.15, 0.2) is 0 Å². The fourth-order valence-electron chi connectivity index (χ4n) is 13.9. The van der Waals surface area contributed by atoms with Gasteiger partial charge < -0.3 is 0 Å². The van der Waals surface area contributed by atoms with Gasteiger partial charge in [0.25, 0.3) is 0 Å². The fraction of sp³-hybridized carbons (Fsp3) is 0.0857. The third kappa shape index (κ3) is 5.79. The molecular formula is C70H48S2. The van der Waals surface area contributed by atoms with E-state index in [2.05, 4.69) is 256 Å². The number of thiophene rings is 2. The van der Waals surface area contributed by atoms with E-state index < -0.39 is 10.8 Å². The Morgan fingerprint density at radius 2 is 1.11 bits per heavy atom. The van der Waals surface area contributed by atoms with Gasteiger partial charge in [-0.25, -0.2) is 0 Å². The van der Waals surface area contributed by atoms with Crippen molar-refractivity contribution in [3.8, 4) is 65.4 Å². The van der Waals surface area contributed by atoms with Gasteiger partial charge in [-0.15, -0.1) is 22.7 Å². The molecule has 0 radical (unpaired) electrons. The Hall–Kier alpha value is -7.88. The number of benzene rings is 9. The van der Waals surface area contributed by atoms with Gasteiger partial charge in [-0.05, 0) is 196 Å². The molecule has 0 fully saturated rings. The molecule has 0 amide bonds. The molecule has 0 aliphatic heterocycles. The largest absolute Gasteiger partial charge is 0.144 e. The van der Waals surface area contributed by atoms with Crippen molar-refractivity contribution in [2.45, 2.75) is 30.6 Å². The van der Waals surface area contributed by atoms with Gasteiger partial charge >= 0.3 is 0 Å². The van der Waals surface area contributed by atoms with E-state index in [0.717, 1.165) is 0 Å². The number of hydrogen-bond donors (Lipinski definition) is 0. The van der Waals surface area contributed by atoms with E-state index in [4.69, 9.17) is 0 Å². The summed E-state index contributed by atoms with van der Waals surface area (Å²) in [6.07, 6.45) is 9.59. The molecule has 3 unspecified atom stereocenters. The third-order valence-corrected chi connectivity index (χ3v) is 18.7. The first-order valence-corrected chi connectivity index (χ1v) is 27.0. The van der Waals surface area contributed by atoms with Crippen LogP contribution in [-0.4, -0.2) is 0 Å². The number of allylic oxidation sites excluding steroid dienone is 4. The molecule has 9 aromatic carbocycles. The number of rotatable bonds is 6. The van der Waals surface area contributed by atoms with Crippen molar-refractivity contribution in [1.82, 2.24) is 0 Å². The molecule has 1 spiro atoms. The summed E-state index contributed by atoms with van der Waals surface area (Å²) in [5.41, 5.74) is 24.1. The summed E-state index contributed by atoms with van der Waals surface area (Å²) in [6, 6.07) is 81.8. The topological polar surface area (TPSA) is 0 Å². The lowest BCUT2D eigenvalue weighted by Gasteiger charge is -2.37. The zero-order valence-electron chi connectivity index (χ0n) is 40.1. The van der Waals surface area contributed by atoms with E-state index in [0.29, 0.717) is 0 Å². The van der Waals surface area contributed by atoms with Gasteiger partial charge in [0.05, 0.1) is 10.8 Å². The summed E-state index contributed by atoms with van der Waals surface area (Å²) >= 11 is 3.68. The van der Waals surface area contributed by atoms with Crippen LogP contribution in [0.25, 0.3) is 76.2 Å². The minimum absolute atomic E-state index is 0.202. The molecule has 2 aromatic heterocycles. The summed E-state index contributed by atoms with van der Waals surface area (Å²) in [5, 5.41) is 4.74. The van der Waals surface area contributed by atoms with E-state index in [1.165, 1.54) is 131 Å². The molecule has 15 rings (SSSR count). The Morgan fingerprint density at radius 1 is 0.417 bits per heavy atom. The van der Waals surface area contributed by atoms with Crippen LogP contribution in [0.4, 0.5) is 0 Å². The second-order valence-electron chi connectivity index (χ2n) is 20.3. The molecule has 0 saturated carbocycles. The van der Waals surface area contributed by atoms with Crippen LogP contribution in [0.15, 0.2) is 242 Å². The third-order valence-electron chi connectivity index (χ3n) is 16.7. The maximum atomic E-state index is 2.67. The van der Waals surface area contributed by atoms with Crippen molar-refractivity contribution in [1.29, 1.82) is 0 Å². The average Bonchev–Trinajstić information content (AvgIpc) is 4.28. The zero-order chi connectivity index (χ0) is 47.7. The van der Waals surface area contributed by atoms with Crippen molar-refractivity contribution in [2.75, 3.05) is 0 Å². The van der Waals surface area contributed by atoms with Gasteiger partial charge in [0.1, 0.15) is 0 Å². The molecule has 11 aromatic rings. The second-order valence-corrected chi connectivity index (χ2v) is 22.6. The van der Waals surface area contributed by atoms with Crippen LogP contribution in [0.3, 0.4) is 0 Å². The lowest BCUT2D eigenvalue weighted by molar-refractivity contribution is 0.465. The smallest absolute Gasteiger partial charge is 0.0714 e. The molecule has 340 valence electrons. The van der Waals surface area contributed by atoms with Crippen molar-refractivity contribution >= 4 is 33.4 Å². The molecular weight excluding hydrogens is 905 g/mol. The van der Waals surface area contributed by atoms with Gasteiger partial charge in [-0.1, -0.05) is 176 Å². The van der Waals surface area contributed by atoms with Crippen molar-refractivity contribution in [2.24, 2.45) is 5.92 Å². The summed E-state index contributed by atoms with van der Waals surface area (Å²) in [7, 11) is 0. The molecule has 0 saturated heterocycles. The lowest BCUT2D eigenvalue weighted by Crippen LogP contribution is -2.33. The van der Waals surface area contributed by atoms with Crippen LogP contribution in [-0.2, 0) is 10.8 Å². The first kappa shape index (κ1) is 41.9. The van der Waals surface area contributed by atoms with Crippen molar-refractivity contribution in [3.05, 3.63) is 297 Å². The summed E-state index contributed by atoms with van der Waals surface area (Å²) in [5.74, 6) is 0.462. The first-order chi connectivity index (χ1) is 35.5. The Kier molecular flexibility index (Phi) is 9.19. The van der Waals surface area contributed by atoms with E-state index in [9.17, 15) is 0 Å². The maximum absolute atomic E-state index is 2.67. The van der Waals surface area contributed by atoms with E-state index in [1.54, 1.807) is 0 Å². The Bertz CT molecular complexity index is 4030. The highest BCUT2D eigenvalue weighted by Crippen LogP contribution is 2.68. The van der Waals surface area contributed by atoms with Crippen LogP contribution in [0.1, 0.15) is 60.9 Å². The SMILES string of the molecule is Cc1ccc(-c2cc(-c3ccc4c(c3)C(c3ccccc3)(c3ccccc3)c3cc5c(cc3-4)C3(c4ccccc4C4C=CC=CC43)c3cc(-c4cccc6ccccc46)cc(C)c3-5)cc(-c3cccs3)c2)s1. The van der Waals surface area contributed by atoms with E-state index in [-0.39, 0.29) is 11.8 Å². The van der Waals surface area contributed by atoms with Gasteiger partial charge in [0.2, 0.25) is 0 Å². The van der Waals surface area contributed by atoms with Crippen LogP contribution in [0.5, 0.6) is 0 Å². The quantitative estimate of drug-likeness (QED) is 0.156. The van der Waals surface area contributed by atoms with Crippen LogP contribution >= 0.6 is 22.7 Å². The number of fused-ring (bicyclic) bond motifs is 14. The number of aryl methyl sites for hydroxylation is 2. The normalized spacial score (nSPS) is 18.2. The highest BCUT2D eigenvalue weighted by molar-refractivity contribution is 7.15. The summed E-state index contributed by atoms with van der Waals surface area (Å²) in [4.78, 5) is 3.90. The van der Waals surface area contributed by atoms with Crippen LogP contribution in [0.2, 0.25) is 0 Å². The summed E-state index contributed by atoms with van der Waals surface area (Å²) < 4.78 is 0. The standard InChI is InChI=1S/C70H48S2/c1-43-35-48(54-26-15-18-45-17-9-10-23-53(45)54)40-65-68(43)59-42-63-58(41-64(59)70(65)60-27-13-11-24-55(60)56-25-12-14-28-61(56)70)57-32-31-46(39-62(57)69(63,51-19-5-3-6-20-51)52-21-7-4-8-22-52)47-36-49(66-29-16-34-71-66)38-50(37-47)67-33-30-44(2)72-67/h3-42,55,60H,1-2H3. The molecule has 72 heavy (non-hydrogen) atoms. The lowest BCUT2D eigenvalue weighted by atomic mass is 9.64. The van der Waals surface area contributed by atoms with Gasteiger partial charge in [0, 0.05) is 26.5 Å². The van der Waals surface area contributed by atoms with Crippen LogP contribution in [0, 0.1) is 19.8 Å². The minimum atomic E-state index is -0.604. The van der Waals surface area contributed by atoms with E-state index >= 15 is 0 Å². The van der Waals surface area contributed by atoms with E-state index in [1.807, 2.05) is 22.7 Å². The highest BCUT2D eigenvalue weighted by Gasteiger charge is 2.59. The molecule has 0 bridgehead atoms. The Labute approximate surface area is 429 Å². The molecule has 0 N–H and O–H groups in total. The first-order valence-electron chi connectivity index (χ1n) is 25.3. The second kappa shape index (κ2) is 15.8. The van der Waals surface area contributed by atoms with Crippen LogP contribution < -0.4 is 0 Å². The Morgan fingerprint density at radius 3 is 1.90 bits per heavy atom. The molecule has 3 atom stereocenters. The molecule has 2 heterocycles. The minimum Gasteiger partial charge on any atom is -0.144 e. The average molecular weight is 953 g/mol. The predicted octanol–water partition coefficient (Wildman–Crippen LogP) is 18.8. The van der Waals surface area contributed by atoms with Crippen molar-refractivity contribution in [3.63, 3.8) is 0 Å². The van der Waals surface area contributed by atoms with Gasteiger partial charge in [-0.2, -0.15) is 0 Å². The van der Waals surface area contributed by atoms with Gasteiger partial charge in [-0.3, -0.25) is 0 Å². The monoisotopic (exact) mass is 952 g/mol. The highest BCUT2D eigenvalue weighted by atomic mass is 32.1. The molecule has 0 nitrogen and oxygen atoms in total.